The maximum absolute atomic E-state index is 4.16. The molecule has 0 aliphatic carbocycles. The van der Waals surface area contributed by atoms with Crippen LogP contribution in [0.15, 0.2) is 4.99 Å². The first kappa shape index (κ1) is 4.74. The molecule has 0 N–H and O–H groups in total. The van der Waals surface area contributed by atoms with Gasteiger partial charge < -0.3 is 0 Å². The minimum absolute atomic E-state index is 0.287. The summed E-state index contributed by atoms with van der Waals surface area (Å²) in [6.07, 6.45) is 0. The van der Waals surface area contributed by atoms with Gasteiger partial charge in [-0.2, -0.15) is 0 Å². The first-order valence-electron chi connectivity index (χ1n) is 1.99. The minimum atomic E-state index is 0.287. The van der Waals surface area contributed by atoms with E-state index in [-0.39, 0.29) is 7.85 Å². The molecule has 2 atom stereocenters. The van der Waals surface area contributed by atoms with Crippen LogP contribution in [0.4, 0.5) is 0 Å². The first-order chi connectivity index (χ1) is 3.38. The molecule has 0 spiro atoms. The Bertz CT molecular complexity index is 164. The van der Waals surface area contributed by atoms with E-state index in [4.69, 9.17) is 0 Å². The maximum atomic E-state index is 4.16. The van der Waals surface area contributed by atoms with Crippen molar-refractivity contribution in [3.05, 3.63) is 0 Å². The molecule has 2 heterocycles. The predicted molar refractivity (Wildman–Crippen MR) is 31.3 cm³/mol. The second-order valence-corrected chi connectivity index (χ2v) is 6.85. The average molecular weight is 173 g/mol. The molecule has 1 fully saturated rings. The van der Waals surface area contributed by atoms with Gasteiger partial charge in [0.1, 0.15) is 0 Å². The number of nitrogens with zero attached hydrogens (tertiary/aromatic N) is 1. The van der Waals surface area contributed by atoms with Gasteiger partial charge in [-0.15, -0.1) is 0 Å². The average Bonchev–Trinajstić information content (AvgIpc) is 1.59. The molecule has 4 heteroatoms. The van der Waals surface area contributed by atoms with E-state index in [1.54, 1.807) is 0 Å². The van der Waals surface area contributed by atoms with Crippen LogP contribution in [0, 0.1) is 0 Å². The molecule has 1 saturated heterocycles. The first-order valence-corrected chi connectivity index (χ1v) is 5.84. The molecule has 2 unspecified atom stereocenters. The van der Waals surface area contributed by atoms with Crippen LogP contribution in [0.1, 0.15) is 0 Å². The third-order valence-corrected chi connectivity index (χ3v) is 6.05. The van der Waals surface area contributed by atoms with Crippen molar-refractivity contribution in [2.75, 3.05) is 6.54 Å². The van der Waals surface area contributed by atoms with Crippen LogP contribution in [-0.4, -0.2) is 16.8 Å². The van der Waals surface area contributed by atoms with E-state index >= 15 is 0 Å². The van der Waals surface area contributed by atoms with Gasteiger partial charge in [0, 0.05) is 0 Å². The molecule has 0 radical (unpaired) electrons. The van der Waals surface area contributed by atoms with Crippen molar-refractivity contribution in [3.8, 4) is 0 Å². The third-order valence-electron chi connectivity index (χ3n) is 1.05. The van der Waals surface area contributed by atoms with E-state index in [0.717, 1.165) is 11.8 Å². The van der Waals surface area contributed by atoms with E-state index in [1.807, 2.05) is 10.8 Å². The zero-order valence-electron chi connectivity index (χ0n) is 3.40. The molecule has 0 aromatic carbocycles. The molecule has 0 amide bonds. The fraction of sp³-hybridized carbons (Fsp3) is 0.667. The molecular formula is C3H3FeNS2. The number of aliphatic imine (C=N–C) groups is 1. The standard InChI is InChI=1S/C3H3NS2.Fe/c1-2-3(4-1)6-5-2;/h2H,1H2;. The monoisotopic (exact) mass is 173 g/mol. The van der Waals surface area contributed by atoms with Crippen molar-refractivity contribution < 1.29 is 14.4 Å². The SMILES string of the molecule is [Fe]=[S]1SC2CN=C21. The molecule has 0 aromatic rings. The fourth-order valence-corrected chi connectivity index (χ4v) is 5.28. The molecular weight excluding hydrogens is 170 g/mol. The Hall–Kier alpha value is 0.889. The summed E-state index contributed by atoms with van der Waals surface area (Å²) >= 11 is 3.89. The number of hydrogen-bond donors (Lipinski definition) is 0. The molecule has 0 aromatic heterocycles. The summed E-state index contributed by atoms with van der Waals surface area (Å²) in [5.41, 5.74) is 0. The van der Waals surface area contributed by atoms with E-state index in [2.05, 4.69) is 19.4 Å². The summed E-state index contributed by atoms with van der Waals surface area (Å²) in [6, 6.07) is 0. The quantitative estimate of drug-likeness (QED) is 0.395. The summed E-state index contributed by atoms with van der Waals surface area (Å²) in [5.74, 6) is 0. The van der Waals surface area contributed by atoms with Crippen LogP contribution in [0.5, 0.6) is 0 Å². The van der Waals surface area contributed by atoms with Gasteiger partial charge >= 0.3 is 54.9 Å². The van der Waals surface area contributed by atoms with Crippen LogP contribution < -0.4 is 0 Å². The summed E-state index contributed by atoms with van der Waals surface area (Å²) in [6.45, 7) is 1.07. The van der Waals surface area contributed by atoms with Crippen LogP contribution in [-0.2, 0) is 14.4 Å². The molecule has 7 heavy (non-hydrogen) atoms. The van der Waals surface area contributed by atoms with Gasteiger partial charge in [-0.3, -0.25) is 0 Å². The summed E-state index contributed by atoms with van der Waals surface area (Å²) in [5, 5.41) is 2.19. The molecule has 2 rings (SSSR count). The van der Waals surface area contributed by atoms with E-state index < -0.39 is 0 Å². The van der Waals surface area contributed by atoms with Crippen molar-refractivity contribution in [2.24, 2.45) is 4.99 Å². The Labute approximate surface area is 55.0 Å². The summed E-state index contributed by atoms with van der Waals surface area (Å²) in [7, 11) is 2.25. The normalized spacial score (nSPS) is 45.6. The summed E-state index contributed by atoms with van der Waals surface area (Å²) in [4.78, 5) is 4.16. The van der Waals surface area contributed by atoms with Crippen LogP contribution in [0.2, 0.25) is 0 Å². The van der Waals surface area contributed by atoms with Gasteiger partial charge in [0.2, 0.25) is 0 Å². The van der Waals surface area contributed by atoms with Crippen LogP contribution >= 0.6 is 18.6 Å². The molecule has 2 aliphatic heterocycles. The van der Waals surface area contributed by atoms with Gasteiger partial charge in [0.25, 0.3) is 0 Å². The predicted octanol–water partition coefficient (Wildman–Crippen LogP) is 1.16. The topological polar surface area (TPSA) is 12.4 Å². The van der Waals surface area contributed by atoms with E-state index in [0.29, 0.717) is 0 Å². The Balaban J connectivity index is 2.37. The number of fused-ring (bicyclic) bond motifs is 1. The van der Waals surface area contributed by atoms with E-state index in [9.17, 15) is 0 Å². The van der Waals surface area contributed by atoms with Crippen molar-refractivity contribution in [1.82, 2.24) is 0 Å². The Morgan fingerprint density at radius 2 is 2.86 bits per heavy atom. The molecule has 0 saturated carbocycles. The molecule has 40 valence electrons. The van der Waals surface area contributed by atoms with Crippen molar-refractivity contribution >= 4 is 23.7 Å². The number of hydrogen-bond acceptors (Lipinski definition) is 2. The molecule has 1 nitrogen and oxygen atoms in total. The van der Waals surface area contributed by atoms with Crippen LogP contribution in [0.25, 0.3) is 0 Å². The molecule has 2 aliphatic rings. The van der Waals surface area contributed by atoms with Gasteiger partial charge in [0.15, 0.2) is 0 Å². The van der Waals surface area contributed by atoms with Gasteiger partial charge in [0.05, 0.1) is 0 Å². The van der Waals surface area contributed by atoms with Crippen molar-refractivity contribution in [3.63, 3.8) is 0 Å². The van der Waals surface area contributed by atoms with Gasteiger partial charge in [-0.1, -0.05) is 0 Å². The fourth-order valence-electron chi connectivity index (χ4n) is 0.567. The van der Waals surface area contributed by atoms with Crippen molar-refractivity contribution in [1.29, 1.82) is 0 Å². The number of rotatable bonds is 0. The second kappa shape index (κ2) is 1.44. The second-order valence-electron chi connectivity index (χ2n) is 1.48. The zero-order chi connectivity index (χ0) is 4.85. The Kier molecular flexibility index (Phi) is 0.974. The van der Waals surface area contributed by atoms with Gasteiger partial charge in [-0.05, 0) is 0 Å². The van der Waals surface area contributed by atoms with E-state index in [1.165, 1.54) is 5.04 Å². The van der Waals surface area contributed by atoms with Crippen molar-refractivity contribution in [2.45, 2.75) is 5.25 Å². The Morgan fingerprint density at radius 3 is 2.86 bits per heavy atom. The van der Waals surface area contributed by atoms with Gasteiger partial charge in [-0.25, -0.2) is 0 Å². The summed E-state index contributed by atoms with van der Waals surface area (Å²) < 4.78 is 0. The zero-order valence-corrected chi connectivity index (χ0v) is 6.14. The van der Waals surface area contributed by atoms with Crippen LogP contribution in [0.3, 0.4) is 0 Å². The molecule has 0 bridgehead atoms. The Morgan fingerprint density at radius 1 is 2.00 bits per heavy atom. The third kappa shape index (κ3) is 0.515.